The second-order valence-electron chi connectivity index (χ2n) is 5.94. The molecule has 118 valence electrons. The van der Waals surface area contributed by atoms with Crippen LogP contribution >= 0.6 is 0 Å². The maximum atomic E-state index is 11.9. The summed E-state index contributed by atoms with van der Waals surface area (Å²) in [5, 5.41) is 11.8. The summed E-state index contributed by atoms with van der Waals surface area (Å²) in [7, 11) is 0. The second kappa shape index (κ2) is 6.60. The van der Waals surface area contributed by atoms with E-state index in [0.717, 1.165) is 0 Å². The average molecular weight is 304 g/mol. The van der Waals surface area contributed by atoms with Crippen LogP contribution in [-0.4, -0.2) is 29.4 Å². The van der Waals surface area contributed by atoms with Gasteiger partial charge in [0.25, 0.3) is 0 Å². The van der Waals surface area contributed by atoms with Crippen LogP contribution in [0.2, 0.25) is 0 Å². The standard InChI is InChI=1S/C16H20N2O4/c1-10(2)7-14(19)17-12-3-5-13(6-4-12)18-9-11(16(21)22)8-15(18)20/h3-6,10-11H,7-9H2,1-2H3,(H,17,19)(H,21,22)/t11-/m1/s1. The van der Waals surface area contributed by atoms with E-state index in [0.29, 0.717) is 17.8 Å². The maximum absolute atomic E-state index is 11.9. The van der Waals surface area contributed by atoms with E-state index in [-0.39, 0.29) is 30.7 Å². The first kappa shape index (κ1) is 16.0. The molecule has 1 aromatic carbocycles. The van der Waals surface area contributed by atoms with E-state index in [9.17, 15) is 14.4 Å². The molecule has 0 radical (unpaired) electrons. The molecule has 0 spiro atoms. The summed E-state index contributed by atoms with van der Waals surface area (Å²) in [5.74, 6) is -1.56. The number of rotatable bonds is 5. The number of carboxylic acid groups (broad SMARTS) is 1. The summed E-state index contributed by atoms with van der Waals surface area (Å²) in [6, 6.07) is 6.87. The average Bonchev–Trinajstić information content (AvgIpc) is 2.81. The minimum atomic E-state index is -0.951. The molecule has 0 aromatic heterocycles. The molecule has 2 N–H and O–H groups in total. The smallest absolute Gasteiger partial charge is 0.308 e. The number of benzene rings is 1. The van der Waals surface area contributed by atoms with Crippen molar-refractivity contribution < 1.29 is 19.5 Å². The number of hydrogen-bond donors (Lipinski definition) is 2. The lowest BCUT2D eigenvalue weighted by Gasteiger charge is -2.16. The molecule has 1 aliphatic rings. The Morgan fingerprint density at radius 1 is 1.32 bits per heavy atom. The third kappa shape index (κ3) is 3.84. The molecule has 0 bridgehead atoms. The van der Waals surface area contributed by atoms with Gasteiger partial charge < -0.3 is 15.3 Å². The highest BCUT2D eigenvalue weighted by Gasteiger charge is 2.34. The van der Waals surface area contributed by atoms with Gasteiger partial charge in [-0.2, -0.15) is 0 Å². The topological polar surface area (TPSA) is 86.7 Å². The van der Waals surface area contributed by atoms with Crippen LogP contribution in [-0.2, 0) is 14.4 Å². The molecule has 0 unspecified atom stereocenters. The van der Waals surface area contributed by atoms with Crippen molar-refractivity contribution in [3.63, 3.8) is 0 Å². The predicted molar refractivity (Wildman–Crippen MR) is 82.6 cm³/mol. The zero-order valence-electron chi connectivity index (χ0n) is 12.7. The van der Waals surface area contributed by atoms with Crippen molar-refractivity contribution in [1.82, 2.24) is 0 Å². The van der Waals surface area contributed by atoms with Crippen molar-refractivity contribution >= 4 is 29.2 Å². The minimum absolute atomic E-state index is 0.0300. The van der Waals surface area contributed by atoms with Gasteiger partial charge >= 0.3 is 5.97 Å². The monoisotopic (exact) mass is 304 g/mol. The van der Waals surface area contributed by atoms with Crippen molar-refractivity contribution in [1.29, 1.82) is 0 Å². The Balaban J connectivity index is 2.02. The molecule has 1 fully saturated rings. The number of nitrogens with zero attached hydrogens (tertiary/aromatic N) is 1. The largest absolute Gasteiger partial charge is 0.481 e. The molecule has 1 aromatic rings. The fraction of sp³-hybridized carbons (Fsp3) is 0.438. The maximum Gasteiger partial charge on any atom is 0.308 e. The lowest BCUT2D eigenvalue weighted by molar-refractivity contribution is -0.141. The molecule has 0 aliphatic carbocycles. The van der Waals surface area contributed by atoms with Gasteiger partial charge in [0, 0.05) is 30.8 Å². The normalized spacial score (nSPS) is 17.9. The number of nitrogens with one attached hydrogen (secondary N) is 1. The zero-order chi connectivity index (χ0) is 16.3. The quantitative estimate of drug-likeness (QED) is 0.872. The highest BCUT2D eigenvalue weighted by atomic mass is 16.4. The van der Waals surface area contributed by atoms with E-state index in [1.807, 2.05) is 13.8 Å². The van der Waals surface area contributed by atoms with E-state index >= 15 is 0 Å². The number of carboxylic acids is 1. The fourth-order valence-corrected chi connectivity index (χ4v) is 2.43. The summed E-state index contributed by atoms with van der Waals surface area (Å²) >= 11 is 0. The fourth-order valence-electron chi connectivity index (χ4n) is 2.43. The van der Waals surface area contributed by atoms with Crippen LogP contribution in [0.25, 0.3) is 0 Å². The van der Waals surface area contributed by atoms with Crippen LogP contribution in [0, 0.1) is 11.8 Å². The van der Waals surface area contributed by atoms with Gasteiger partial charge in [-0.25, -0.2) is 0 Å². The third-order valence-electron chi connectivity index (χ3n) is 3.53. The van der Waals surface area contributed by atoms with E-state index < -0.39 is 11.9 Å². The zero-order valence-corrected chi connectivity index (χ0v) is 12.7. The van der Waals surface area contributed by atoms with Crippen LogP contribution in [0.1, 0.15) is 26.7 Å². The van der Waals surface area contributed by atoms with Crippen molar-refractivity contribution in [2.45, 2.75) is 26.7 Å². The summed E-state index contributed by atoms with van der Waals surface area (Å²) in [6.45, 7) is 4.13. The lowest BCUT2D eigenvalue weighted by Crippen LogP contribution is -2.25. The first-order chi connectivity index (χ1) is 10.4. The summed E-state index contributed by atoms with van der Waals surface area (Å²) < 4.78 is 0. The predicted octanol–water partition coefficient (Wildman–Crippen LogP) is 2.11. The number of hydrogen-bond acceptors (Lipinski definition) is 3. The van der Waals surface area contributed by atoms with Crippen LogP contribution < -0.4 is 10.2 Å². The van der Waals surface area contributed by atoms with E-state index in [4.69, 9.17) is 5.11 Å². The van der Waals surface area contributed by atoms with Crippen LogP contribution in [0.15, 0.2) is 24.3 Å². The molecule has 6 nitrogen and oxygen atoms in total. The number of aliphatic carboxylic acids is 1. The van der Waals surface area contributed by atoms with Gasteiger partial charge in [0.2, 0.25) is 11.8 Å². The van der Waals surface area contributed by atoms with Gasteiger partial charge in [0.1, 0.15) is 0 Å². The first-order valence-corrected chi connectivity index (χ1v) is 7.30. The molecule has 1 heterocycles. The van der Waals surface area contributed by atoms with Crippen molar-refractivity contribution in [2.75, 3.05) is 16.8 Å². The molecule has 1 atom stereocenters. The second-order valence-corrected chi connectivity index (χ2v) is 5.94. The van der Waals surface area contributed by atoms with E-state index in [2.05, 4.69) is 5.32 Å². The Morgan fingerprint density at radius 3 is 2.45 bits per heavy atom. The molecule has 2 amide bonds. The SMILES string of the molecule is CC(C)CC(=O)Nc1ccc(N2C[C@H](C(=O)O)CC2=O)cc1. The Kier molecular flexibility index (Phi) is 4.80. The molecular weight excluding hydrogens is 284 g/mol. The lowest BCUT2D eigenvalue weighted by atomic mass is 10.1. The summed E-state index contributed by atoms with van der Waals surface area (Å²) in [6.07, 6.45) is 0.481. The first-order valence-electron chi connectivity index (χ1n) is 7.30. The Bertz CT molecular complexity index is 580. The summed E-state index contributed by atoms with van der Waals surface area (Å²) in [4.78, 5) is 36.0. The Morgan fingerprint density at radius 2 is 1.95 bits per heavy atom. The molecular formula is C16H20N2O4. The van der Waals surface area contributed by atoms with Gasteiger partial charge in [-0.3, -0.25) is 14.4 Å². The molecule has 2 rings (SSSR count). The number of carbonyl (C=O) groups excluding carboxylic acids is 2. The van der Waals surface area contributed by atoms with E-state index in [1.54, 1.807) is 24.3 Å². The van der Waals surface area contributed by atoms with Crippen LogP contribution in [0.5, 0.6) is 0 Å². The van der Waals surface area contributed by atoms with Crippen LogP contribution in [0.4, 0.5) is 11.4 Å². The van der Waals surface area contributed by atoms with Crippen molar-refractivity contribution in [3.8, 4) is 0 Å². The minimum Gasteiger partial charge on any atom is -0.481 e. The molecule has 22 heavy (non-hydrogen) atoms. The molecule has 6 heteroatoms. The van der Waals surface area contributed by atoms with Crippen molar-refractivity contribution in [3.05, 3.63) is 24.3 Å². The Hall–Kier alpha value is -2.37. The number of anilines is 2. The highest BCUT2D eigenvalue weighted by Crippen LogP contribution is 2.26. The molecule has 1 saturated heterocycles. The van der Waals surface area contributed by atoms with Gasteiger partial charge in [-0.15, -0.1) is 0 Å². The van der Waals surface area contributed by atoms with Gasteiger partial charge in [-0.1, -0.05) is 13.8 Å². The van der Waals surface area contributed by atoms with Gasteiger partial charge in [0.15, 0.2) is 0 Å². The van der Waals surface area contributed by atoms with Crippen LogP contribution in [0.3, 0.4) is 0 Å². The molecule has 1 aliphatic heterocycles. The van der Waals surface area contributed by atoms with Gasteiger partial charge in [0.05, 0.1) is 5.92 Å². The number of amides is 2. The molecule has 0 saturated carbocycles. The van der Waals surface area contributed by atoms with Gasteiger partial charge in [-0.05, 0) is 30.2 Å². The Labute approximate surface area is 129 Å². The highest BCUT2D eigenvalue weighted by molar-refractivity contribution is 5.99. The number of carbonyl (C=O) groups is 3. The van der Waals surface area contributed by atoms with Crippen molar-refractivity contribution in [2.24, 2.45) is 11.8 Å². The van der Waals surface area contributed by atoms with E-state index in [1.165, 1.54) is 4.90 Å². The summed E-state index contributed by atoms with van der Waals surface area (Å²) in [5.41, 5.74) is 1.31. The third-order valence-corrected chi connectivity index (χ3v) is 3.53.